The normalized spacial score (nSPS) is 26.1. The van der Waals surface area contributed by atoms with E-state index < -0.39 is 29.1 Å². The highest BCUT2D eigenvalue weighted by molar-refractivity contribution is 5.77. The van der Waals surface area contributed by atoms with E-state index in [-0.39, 0.29) is 6.09 Å². The Morgan fingerprint density at radius 2 is 1.15 bits per heavy atom. The van der Waals surface area contributed by atoms with Crippen molar-refractivity contribution in [3.05, 3.63) is 0 Å². The number of fused-ring (bicyclic) bond motifs is 2. The molecule has 11 nitrogen and oxygen atoms in total. The second-order valence-corrected chi connectivity index (χ2v) is 14.0. The number of likely N-dealkylation sites (tertiary alicyclic amines) is 1. The molecule has 4 fully saturated rings. The third kappa shape index (κ3) is 13.5. The Morgan fingerprint density at radius 1 is 0.650 bits per heavy atom. The molecular weight excluding hydrogens is 516 g/mol. The van der Waals surface area contributed by atoms with Crippen LogP contribution >= 0.6 is 0 Å². The highest BCUT2D eigenvalue weighted by Crippen LogP contribution is 2.26. The molecule has 4 aliphatic heterocycles. The van der Waals surface area contributed by atoms with Crippen molar-refractivity contribution in [1.82, 2.24) is 20.9 Å². The molecule has 0 radical (unpaired) electrons. The lowest BCUT2D eigenvalue weighted by atomic mass is 9.94. The second kappa shape index (κ2) is 14.7. The molecule has 4 rings (SSSR count). The van der Waals surface area contributed by atoms with E-state index in [2.05, 4.69) is 20.7 Å². The van der Waals surface area contributed by atoms with Crippen LogP contribution in [0.5, 0.6) is 0 Å². The molecule has 0 unspecified atom stereocenters. The average Bonchev–Trinajstić information content (AvgIpc) is 3.43. The minimum absolute atomic E-state index is 0.163. The summed E-state index contributed by atoms with van der Waals surface area (Å²) in [5.74, 6) is 1.57. The Kier molecular flexibility index (Phi) is 12.5. The van der Waals surface area contributed by atoms with Crippen LogP contribution in [0.15, 0.2) is 0 Å². The van der Waals surface area contributed by atoms with Gasteiger partial charge in [-0.05, 0) is 119 Å². The molecule has 1 amide bonds. The minimum atomic E-state index is -1.06. The fraction of sp³-hybridized carbons (Fsp3) is 0.897. The molecule has 0 aromatic rings. The van der Waals surface area contributed by atoms with Gasteiger partial charge in [0.25, 0.3) is 0 Å². The molecule has 0 spiro atoms. The number of piperidine rings is 2. The van der Waals surface area contributed by atoms with Crippen LogP contribution in [0.4, 0.5) is 14.4 Å². The van der Waals surface area contributed by atoms with Crippen molar-refractivity contribution in [2.75, 3.05) is 39.3 Å². The topological polar surface area (TPSA) is 127 Å². The summed E-state index contributed by atoms with van der Waals surface area (Å²) in [6, 6.07) is 1.29. The number of rotatable bonds is 0. The van der Waals surface area contributed by atoms with Crippen LogP contribution < -0.4 is 16.0 Å². The summed E-state index contributed by atoms with van der Waals surface area (Å²) in [5.41, 5.74) is -1.78. The zero-order valence-electron chi connectivity index (χ0n) is 26.2. The molecule has 0 aromatic heterocycles. The maximum absolute atomic E-state index is 11.9. The van der Waals surface area contributed by atoms with E-state index in [4.69, 9.17) is 14.2 Å². The fourth-order valence-corrected chi connectivity index (χ4v) is 5.06. The molecule has 0 aliphatic carbocycles. The summed E-state index contributed by atoms with van der Waals surface area (Å²) >= 11 is 0. The molecule has 11 heteroatoms. The van der Waals surface area contributed by atoms with Crippen molar-refractivity contribution < 1.29 is 33.3 Å². The van der Waals surface area contributed by atoms with Crippen LogP contribution in [-0.4, -0.2) is 91.5 Å². The molecule has 4 saturated heterocycles. The lowest BCUT2D eigenvalue weighted by molar-refractivity contribution is -0.0294. The average molecular weight is 571 g/mol. The zero-order valence-corrected chi connectivity index (χ0v) is 26.2. The zero-order chi connectivity index (χ0) is 30.1. The van der Waals surface area contributed by atoms with Crippen molar-refractivity contribution in [3.63, 3.8) is 0 Å². The molecule has 0 aromatic carbocycles. The van der Waals surface area contributed by atoms with Crippen molar-refractivity contribution >= 4 is 18.4 Å². The van der Waals surface area contributed by atoms with Crippen molar-refractivity contribution in [2.24, 2.45) is 11.8 Å². The van der Waals surface area contributed by atoms with E-state index in [0.29, 0.717) is 12.0 Å². The predicted molar refractivity (Wildman–Crippen MR) is 153 cm³/mol. The first-order valence-electron chi connectivity index (χ1n) is 14.7. The van der Waals surface area contributed by atoms with Crippen molar-refractivity contribution in [1.29, 1.82) is 0 Å². The Morgan fingerprint density at radius 3 is 1.62 bits per heavy atom. The third-order valence-corrected chi connectivity index (χ3v) is 6.69. The van der Waals surface area contributed by atoms with E-state index in [0.717, 1.165) is 31.6 Å². The first kappa shape index (κ1) is 34.1. The largest absolute Gasteiger partial charge is 0.519 e. The van der Waals surface area contributed by atoms with E-state index in [1.807, 2.05) is 25.7 Å². The number of amides is 1. The van der Waals surface area contributed by atoms with Gasteiger partial charge >= 0.3 is 18.4 Å². The maximum atomic E-state index is 11.9. The Labute approximate surface area is 240 Å². The number of nitrogens with zero attached hydrogens (tertiary/aromatic N) is 1. The van der Waals surface area contributed by atoms with E-state index in [1.54, 1.807) is 41.5 Å². The molecule has 40 heavy (non-hydrogen) atoms. The molecule has 0 saturated carbocycles. The van der Waals surface area contributed by atoms with Crippen molar-refractivity contribution in [3.8, 4) is 0 Å². The van der Waals surface area contributed by atoms with Crippen LogP contribution in [0.25, 0.3) is 0 Å². The molecule has 3 N–H and O–H groups in total. The van der Waals surface area contributed by atoms with Crippen LogP contribution in [0.1, 0.15) is 88.0 Å². The number of ether oxygens (including phenoxy) is 4. The van der Waals surface area contributed by atoms with Crippen LogP contribution in [0, 0.1) is 11.8 Å². The van der Waals surface area contributed by atoms with Gasteiger partial charge in [-0.25, -0.2) is 14.4 Å². The SMILES string of the molecule is C1CN[C@H]2CNC[C@H]2C1.CC(C)(C)OC(=O)N1C[C@H]2CCCN[C@H]2C1.CC(C)(C)OC(=O)OC(=O)OC(C)(C)C. The van der Waals surface area contributed by atoms with Gasteiger partial charge in [0.15, 0.2) is 0 Å². The van der Waals surface area contributed by atoms with Gasteiger partial charge < -0.3 is 39.8 Å². The van der Waals surface area contributed by atoms with Gasteiger partial charge in [-0.1, -0.05) is 0 Å². The van der Waals surface area contributed by atoms with E-state index in [9.17, 15) is 14.4 Å². The van der Waals surface area contributed by atoms with E-state index in [1.165, 1.54) is 45.3 Å². The fourth-order valence-electron chi connectivity index (χ4n) is 5.06. The summed E-state index contributed by atoms with van der Waals surface area (Å²) in [4.78, 5) is 35.7. The number of carbonyl (C=O) groups excluding carboxylic acids is 3. The number of nitrogens with one attached hydrogen (secondary N) is 3. The van der Waals surface area contributed by atoms with E-state index >= 15 is 0 Å². The van der Waals surface area contributed by atoms with Crippen molar-refractivity contribution in [2.45, 2.75) is 117 Å². The minimum Gasteiger partial charge on any atom is -0.444 e. The maximum Gasteiger partial charge on any atom is 0.519 e. The molecule has 0 bridgehead atoms. The van der Waals surface area contributed by atoms with Gasteiger partial charge in [-0.2, -0.15) is 0 Å². The first-order valence-corrected chi connectivity index (χ1v) is 14.7. The van der Waals surface area contributed by atoms with Gasteiger partial charge in [-0.15, -0.1) is 0 Å². The predicted octanol–water partition coefficient (Wildman–Crippen LogP) is 4.44. The third-order valence-electron chi connectivity index (χ3n) is 6.69. The molecule has 4 aliphatic rings. The summed E-state index contributed by atoms with van der Waals surface area (Å²) in [6.45, 7) is 22.2. The number of hydrogen-bond donors (Lipinski definition) is 3. The lowest BCUT2D eigenvalue weighted by Gasteiger charge is -2.24. The van der Waals surface area contributed by atoms with Gasteiger partial charge in [-0.3, -0.25) is 0 Å². The molecule has 232 valence electrons. The molecule has 4 heterocycles. The number of carbonyl (C=O) groups is 3. The van der Waals surface area contributed by atoms with Crippen LogP contribution in [0.3, 0.4) is 0 Å². The van der Waals surface area contributed by atoms with Gasteiger partial charge in [0, 0.05) is 31.7 Å². The van der Waals surface area contributed by atoms with Crippen LogP contribution in [-0.2, 0) is 18.9 Å². The second-order valence-electron chi connectivity index (χ2n) is 14.0. The standard InChI is InChI=1S/C12H22N2O2.C10H18O5.C7H14N2/c1-12(2,3)16-11(15)14-7-9-5-4-6-13-10(9)8-14;1-9(2,3)14-7(11)13-8(12)15-10(4,5)6;1-2-6-4-8-5-7(6)9-3-1/h9-10,13H,4-8H2,1-3H3;1-6H3;6-9H,1-5H2/t9-,10+;;6-,7+/m1.1/s1. The highest BCUT2D eigenvalue weighted by atomic mass is 16.8. The summed E-state index contributed by atoms with van der Waals surface area (Å²) in [6.07, 6.45) is 2.99. The van der Waals surface area contributed by atoms with Crippen LogP contribution in [0.2, 0.25) is 0 Å². The smallest absolute Gasteiger partial charge is 0.444 e. The Bertz CT molecular complexity index is 780. The quantitative estimate of drug-likeness (QED) is 0.219. The summed E-state index contributed by atoms with van der Waals surface area (Å²) in [5, 5.41) is 10.4. The first-order chi connectivity index (χ1) is 18.4. The number of hydrogen-bond acceptors (Lipinski definition) is 10. The summed E-state index contributed by atoms with van der Waals surface area (Å²) in [7, 11) is 0. The van der Waals surface area contributed by atoms with Gasteiger partial charge in [0.2, 0.25) is 0 Å². The van der Waals surface area contributed by atoms with Gasteiger partial charge in [0.05, 0.1) is 0 Å². The molecule has 4 atom stereocenters. The summed E-state index contributed by atoms with van der Waals surface area (Å²) < 4.78 is 19.2. The monoisotopic (exact) mass is 570 g/mol. The highest BCUT2D eigenvalue weighted by Gasteiger charge is 2.38. The molecular formula is C29H54N4O7. The Hall–Kier alpha value is -2.11. The van der Waals surface area contributed by atoms with Gasteiger partial charge in [0.1, 0.15) is 16.8 Å². The Balaban J connectivity index is 0.000000217. The lowest BCUT2D eigenvalue weighted by Crippen LogP contribution is -2.41.